The van der Waals surface area contributed by atoms with Gasteiger partial charge >= 0.3 is 0 Å². The molecule has 0 aliphatic heterocycles. The normalized spacial score (nSPS) is 10.2. The molecule has 0 radical (unpaired) electrons. The molecule has 3 aromatic rings. The SMILES string of the molecule is CCCC(=O)Nc1cccc(NC(=O)CNc2ccc(C(=O)NCc3ccccc3)cc2)c1. The molecule has 170 valence electrons. The van der Waals surface area contributed by atoms with Gasteiger partial charge in [-0.15, -0.1) is 0 Å². The number of amides is 3. The van der Waals surface area contributed by atoms with Crippen molar-refractivity contribution in [3.63, 3.8) is 0 Å². The molecule has 0 unspecified atom stereocenters. The average Bonchev–Trinajstić information content (AvgIpc) is 2.82. The molecule has 3 amide bonds. The smallest absolute Gasteiger partial charge is 0.251 e. The van der Waals surface area contributed by atoms with Gasteiger partial charge < -0.3 is 21.3 Å². The van der Waals surface area contributed by atoms with Gasteiger partial charge in [-0.25, -0.2) is 0 Å². The Hall–Kier alpha value is -4.13. The van der Waals surface area contributed by atoms with E-state index in [4.69, 9.17) is 0 Å². The largest absolute Gasteiger partial charge is 0.376 e. The zero-order valence-corrected chi connectivity index (χ0v) is 18.6. The maximum absolute atomic E-state index is 12.3. The molecule has 0 aliphatic carbocycles. The maximum atomic E-state index is 12.3. The van der Waals surface area contributed by atoms with Gasteiger partial charge in [-0.05, 0) is 54.4 Å². The Bertz CT molecular complexity index is 1080. The molecule has 4 N–H and O–H groups in total. The molecule has 0 aromatic heterocycles. The Labute approximate surface area is 193 Å². The third kappa shape index (κ3) is 7.81. The second-order valence-electron chi connectivity index (χ2n) is 7.53. The van der Waals surface area contributed by atoms with E-state index in [1.807, 2.05) is 37.3 Å². The van der Waals surface area contributed by atoms with Crippen molar-refractivity contribution in [2.45, 2.75) is 26.3 Å². The molecule has 3 aromatic carbocycles. The van der Waals surface area contributed by atoms with Gasteiger partial charge in [0.25, 0.3) is 5.91 Å². The molecular weight excluding hydrogens is 416 g/mol. The lowest BCUT2D eigenvalue weighted by molar-refractivity contribution is -0.116. The molecule has 0 spiro atoms. The third-order valence-electron chi connectivity index (χ3n) is 4.80. The summed E-state index contributed by atoms with van der Waals surface area (Å²) in [5.41, 5.74) is 3.54. The molecule has 0 atom stereocenters. The zero-order chi connectivity index (χ0) is 23.5. The summed E-state index contributed by atoms with van der Waals surface area (Å²) < 4.78 is 0. The predicted molar refractivity (Wildman–Crippen MR) is 131 cm³/mol. The van der Waals surface area contributed by atoms with E-state index in [1.165, 1.54) is 0 Å². The second kappa shape index (κ2) is 12.0. The van der Waals surface area contributed by atoms with Crippen LogP contribution >= 0.6 is 0 Å². The van der Waals surface area contributed by atoms with Gasteiger partial charge in [0.05, 0.1) is 6.54 Å². The quantitative estimate of drug-likeness (QED) is 0.372. The number of hydrogen-bond donors (Lipinski definition) is 4. The van der Waals surface area contributed by atoms with Crippen molar-refractivity contribution in [2.75, 3.05) is 22.5 Å². The highest BCUT2D eigenvalue weighted by molar-refractivity contribution is 5.96. The fourth-order valence-corrected chi connectivity index (χ4v) is 3.13. The number of benzene rings is 3. The maximum Gasteiger partial charge on any atom is 0.251 e. The molecular formula is C26H28N4O3. The summed E-state index contributed by atoms with van der Waals surface area (Å²) in [4.78, 5) is 36.3. The van der Waals surface area contributed by atoms with E-state index in [0.29, 0.717) is 29.9 Å². The van der Waals surface area contributed by atoms with Crippen molar-refractivity contribution in [1.29, 1.82) is 0 Å². The van der Waals surface area contributed by atoms with Crippen LogP contribution in [0.1, 0.15) is 35.7 Å². The Balaban J connectivity index is 1.45. The van der Waals surface area contributed by atoms with E-state index in [9.17, 15) is 14.4 Å². The first kappa shape index (κ1) is 23.5. The third-order valence-corrected chi connectivity index (χ3v) is 4.80. The Kier molecular flexibility index (Phi) is 8.59. The Morgan fingerprint density at radius 3 is 2.06 bits per heavy atom. The minimum absolute atomic E-state index is 0.0557. The second-order valence-corrected chi connectivity index (χ2v) is 7.53. The molecule has 7 heteroatoms. The monoisotopic (exact) mass is 444 g/mol. The summed E-state index contributed by atoms with van der Waals surface area (Å²) in [5, 5.41) is 11.5. The molecule has 3 rings (SSSR count). The lowest BCUT2D eigenvalue weighted by Crippen LogP contribution is -2.23. The Morgan fingerprint density at radius 2 is 1.39 bits per heavy atom. The van der Waals surface area contributed by atoms with Crippen molar-refractivity contribution in [1.82, 2.24) is 5.32 Å². The summed E-state index contributed by atoms with van der Waals surface area (Å²) >= 11 is 0. The van der Waals surface area contributed by atoms with Crippen LogP contribution in [0.25, 0.3) is 0 Å². The highest BCUT2D eigenvalue weighted by Crippen LogP contribution is 2.16. The topological polar surface area (TPSA) is 99.3 Å². The van der Waals surface area contributed by atoms with Gasteiger partial charge in [-0.3, -0.25) is 14.4 Å². The zero-order valence-electron chi connectivity index (χ0n) is 18.6. The van der Waals surface area contributed by atoms with Crippen molar-refractivity contribution in [3.05, 3.63) is 90.0 Å². The van der Waals surface area contributed by atoms with Gasteiger partial charge in [-0.1, -0.05) is 43.3 Å². The molecule has 0 aliphatic rings. The Morgan fingerprint density at radius 1 is 0.727 bits per heavy atom. The minimum atomic E-state index is -0.225. The first-order valence-electron chi connectivity index (χ1n) is 10.9. The summed E-state index contributed by atoms with van der Waals surface area (Å²) in [5.74, 6) is -0.439. The summed E-state index contributed by atoms with van der Waals surface area (Å²) in [7, 11) is 0. The number of anilines is 3. The first-order chi connectivity index (χ1) is 16.0. The van der Waals surface area contributed by atoms with Gasteiger partial charge in [0.15, 0.2) is 0 Å². The molecule has 0 heterocycles. The molecule has 7 nitrogen and oxygen atoms in total. The van der Waals surface area contributed by atoms with E-state index in [0.717, 1.165) is 17.7 Å². The van der Waals surface area contributed by atoms with Crippen LogP contribution in [-0.4, -0.2) is 24.3 Å². The average molecular weight is 445 g/mol. The predicted octanol–water partition coefficient (Wildman–Crippen LogP) is 4.41. The van der Waals surface area contributed by atoms with Crippen LogP contribution < -0.4 is 21.3 Å². The van der Waals surface area contributed by atoms with E-state index >= 15 is 0 Å². The van der Waals surface area contributed by atoms with Crippen LogP contribution in [0.5, 0.6) is 0 Å². The fourth-order valence-electron chi connectivity index (χ4n) is 3.13. The van der Waals surface area contributed by atoms with E-state index in [1.54, 1.807) is 48.5 Å². The molecule has 0 saturated heterocycles. The summed E-state index contributed by atoms with van der Waals surface area (Å²) in [6.07, 6.45) is 1.22. The van der Waals surface area contributed by atoms with Crippen LogP contribution in [0.2, 0.25) is 0 Å². The van der Waals surface area contributed by atoms with Crippen LogP contribution in [0.15, 0.2) is 78.9 Å². The van der Waals surface area contributed by atoms with Crippen LogP contribution in [0, 0.1) is 0 Å². The summed E-state index contributed by atoms with van der Waals surface area (Å²) in [6.45, 7) is 2.47. The lowest BCUT2D eigenvalue weighted by Gasteiger charge is -2.10. The fraction of sp³-hybridized carbons (Fsp3) is 0.192. The van der Waals surface area contributed by atoms with Crippen molar-refractivity contribution in [3.8, 4) is 0 Å². The number of nitrogens with one attached hydrogen (secondary N) is 4. The van der Waals surface area contributed by atoms with Gasteiger partial charge in [-0.2, -0.15) is 0 Å². The molecule has 0 bridgehead atoms. The standard InChI is InChI=1S/C26H28N4O3/c1-2-7-24(31)29-22-10-6-11-23(16-22)30-25(32)18-27-21-14-12-20(13-15-21)26(33)28-17-19-8-4-3-5-9-19/h3-6,8-16,27H,2,7,17-18H2,1H3,(H,28,33)(H,29,31)(H,30,32). The van der Waals surface area contributed by atoms with Gasteiger partial charge in [0.1, 0.15) is 0 Å². The number of carbonyl (C=O) groups excluding carboxylic acids is 3. The minimum Gasteiger partial charge on any atom is -0.376 e. The van der Waals surface area contributed by atoms with Gasteiger partial charge in [0.2, 0.25) is 11.8 Å². The number of rotatable bonds is 10. The number of hydrogen-bond acceptors (Lipinski definition) is 4. The van der Waals surface area contributed by atoms with Crippen LogP contribution in [-0.2, 0) is 16.1 Å². The van der Waals surface area contributed by atoms with Crippen molar-refractivity contribution in [2.24, 2.45) is 0 Å². The van der Waals surface area contributed by atoms with Crippen LogP contribution in [0.3, 0.4) is 0 Å². The highest BCUT2D eigenvalue weighted by Gasteiger charge is 2.07. The van der Waals surface area contributed by atoms with E-state index in [-0.39, 0.29) is 24.3 Å². The van der Waals surface area contributed by atoms with Gasteiger partial charge in [0, 0.05) is 35.6 Å². The van der Waals surface area contributed by atoms with Crippen molar-refractivity contribution >= 4 is 34.8 Å². The lowest BCUT2D eigenvalue weighted by atomic mass is 10.1. The highest BCUT2D eigenvalue weighted by atomic mass is 16.2. The van der Waals surface area contributed by atoms with E-state index in [2.05, 4.69) is 21.3 Å². The number of carbonyl (C=O) groups is 3. The molecule has 0 fully saturated rings. The van der Waals surface area contributed by atoms with E-state index < -0.39 is 0 Å². The van der Waals surface area contributed by atoms with Crippen molar-refractivity contribution < 1.29 is 14.4 Å². The van der Waals surface area contributed by atoms with Crippen LogP contribution in [0.4, 0.5) is 17.1 Å². The summed E-state index contributed by atoms with van der Waals surface area (Å²) in [6, 6.07) is 23.7. The molecule has 0 saturated carbocycles. The molecule has 33 heavy (non-hydrogen) atoms. The first-order valence-corrected chi connectivity index (χ1v) is 10.9.